The molecule has 2 aliphatic rings. The first-order valence-corrected chi connectivity index (χ1v) is 10.1. The van der Waals surface area contributed by atoms with Crippen molar-refractivity contribution in [1.29, 1.82) is 0 Å². The number of methoxy groups -OCH3 is 1. The number of aliphatic hydroxyl groups is 4. The average Bonchev–Trinajstić information content (AvgIpc) is 3.16. The van der Waals surface area contributed by atoms with Crippen molar-refractivity contribution in [1.82, 2.24) is 0 Å². The van der Waals surface area contributed by atoms with Gasteiger partial charge in [0.05, 0.1) is 20.1 Å². The van der Waals surface area contributed by atoms with Crippen LogP contribution >= 0.6 is 0 Å². The Hall–Kier alpha value is -2.74. The van der Waals surface area contributed by atoms with Gasteiger partial charge < -0.3 is 49.2 Å². The average molecular weight is 470 g/mol. The fraction of sp³-hybridized carbons (Fsp3) is 0.524. The van der Waals surface area contributed by atoms with Gasteiger partial charge in [0.1, 0.15) is 37.1 Å². The van der Waals surface area contributed by atoms with Gasteiger partial charge in [-0.2, -0.15) is 0 Å². The van der Waals surface area contributed by atoms with E-state index in [1.54, 1.807) is 6.07 Å². The van der Waals surface area contributed by atoms with E-state index in [9.17, 15) is 35.1 Å². The summed E-state index contributed by atoms with van der Waals surface area (Å²) in [5.74, 6) is -1.18. The maximum absolute atomic E-state index is 12.1. The van der Waals surface area contributed by atoms with Crippen LogP contribution < -0.4 is 4.74 Å². The molecule has 2 fully saturated rings. The first kappa shape index (κ1) is 24.9. The van der Waals surface area contributed by atoms with Gasteiger partial charge in [0.15, 0.2) is 23.9 Å². The third-order valence-electron chi connectivity index (χ3n) is 5.23. The molecule has 5 N–H and O–H groups in total. The lowest BCUT2D eigenvalue weighted by molar-refractivity contribution is -0.314. The normalized spacial score (nSPS) is 32.0. The third kappa shape index (κ3) is 5.99. The summed E-state index contributed by atoms with van der Waals surface area (Å²) in [6, 6.07) is 4.48. The fourth-order valence-corrected chi connectivity index (χ4v) is 3.39. The van der Waals surface area contributed by atoms with Crippen molar-refractivity contribution in [3.63, 3.8) is 0 Å². The van der Waals surface area contributed by atoms with E-state index >= 15 is 0 Å². The van der Waals surface area contributed by atoms with Gasteiger partial charge in [0.25, 0.3) is 0 Å². The van der Waals surface area contributed by atoms with Crippen LogP contribution in [0.4, 0.5) is 0 Å². The summed E-state index contributed by atoms with van der Waals surface area (Å²) >= 11 is 0. The molecule has 2 saturated heterocycles. The van der Waals surface area contributed by atoms with Gasteiger partial charge in [-0.15, -0.1) is 0 Å². The molecule has 0 bridgehead atoms. The molecule has 0 aromatic heterocycles. The summed E-state index contributed by atoms with van der Waals surface area (Å²) in [4.78, 5) is 23.8. The predicted octanol–water partition coefficient (Wildman–Crippen LogP) is -1.54. The molecule has 0 unspecified atom stereocenters. The second kappa shape index (κ2) is 10.9. The molecule has 1 aromatic carbocycles. The zero-order chi connectivity index (χ0) is 24.1. The summed E-state index contributed by atoms with van der Waals surface area (Å²) in [6.45, 7) is -0.985. The summed E-state index contributed by atoms with van der Waals surface area (Å²) in [5, 5.41) is 48.7. The van der Waals surface area contributed by atoms with E-state index in [0.29, 0.717) is 5.56 Å². The van der Waals surface area contributed by atoms with Gasteiger partial charge in [0.2, 0.25) is 0 Å². The Morgan fingerprint density at radius 1 is 1.18 bits per heavy atom. The number of ether oxygens (including phenoxy) is 5. The fourth-order valence-electron chi connectivity index (χ4n) is 3.39. The van der Waals surface area contributed by atoms with E-state index in [1.165, 1.54) is 25.3 Å². The Labute approximate surface area is 188 Å². The molecule has 7 atom stereocenters. The molecule has 0 spiro atoms. The molecule has 0 aliphatic carbocycles. The minimum Gasteiger partial charge on any atom is -0.504 e. The first-order chi connectivity index (χ1) is 15.7. The number of phenolic OH excluding ortho intramolecular Hbond substituents is 1. The van der Waals surface area contributed by atoms with Crippen LogP contribution in [0.15, 0.2) is 24.3 Å². The zero-order valence-corrected chi connectivity index (χ0v) is 17.6. The second-order valence-electron chi connectivity index (χ2n) is 7.50. The Morgan fingerprint density at radius 2 is 1.94 bits per heavy atom. The number of benzene rings is 1. The summed E-state index contributed by atoms with van der Waals surface area (Å²) in [5.41, 5.74) is 0.567. The number of cyclic esters (lactones) is 1. The number of aromatic hydroxyl groups is 1. The molecule has 3 rings (SSSR count). The number of carbonyl (C=O) groups excluding carboxylic acids is 2. The number of carbonyl (C=O) groups is 2. The molecular weight excluding hydrogens is 444 g/mol. The van der Waals surface area contributed by atoms with Gasteiger partial charge in [0, 0.05) is 6.08 Å². The number of esters is 2. The van der Waals surface area contributed by atoms with Crippen molar-refractivity contribution >= 4 is 18.0 Å². The van der Waals surface area contributed by atoms with E-state index in [-0.39, 0.29) is 24.5 Å². The van der Waals surface area contributed by atoms with Crippen LogP contribution in [0, 0.1) is 0 Å². The molecule has 2 heterocycles. The van der Waals surface area contributed by atoms with Crippen LogP contribution in [0.25, 0.3) is 6.08 Å². The lowest BCUT2D eigenvalue weighted by Gasteiger charge is -2.40. The van der Waals surface area contributed by atoms with Crippen molar-refractivity contribution in [3.8, 4) is 11.5 Å². The van der Waals surface area contributed by atoms with Crippen molar-refractivity contribution in [3.05, 3.63) is 29.8 Å². The lowest BCUT2D eigenvalue weighted by atomic mass is 9.99. The van der Waals surface area contributed by atoms with Crippen molar-refractivity contribution in [2.75, 3.05) is 20.3 Å². The molecule has 0 radical (unpaired) electrons. The Balaban J connectivity index is 1.56. The minimum atomic E-state index is -1.65. The van der Waals surface area contributed by atoms with Crippen LogP contribution in [-0.4, -0.2) is 101 Å². The van der Waals surface area contributed by atoms with Crippen LogP contribution in [0.5, 0.6) is 11.5 Å². The number of phenols is 1. The molecule has 1 aromatic rings. The van der Waals surface area contributed by atoms with Crippen molar-refractivity contribution in [2.24, 2.45) is 0 Å². The van der Waals surface area contributed by atoms with E-state index in [4.69, 9.17) is 23.7 Å². The van der Waals surface area contributed by atoms with Gasteiger partial charge in [-0.3, -0.25) is 4.79 Å². The highest BCUT2D eigenvalue weighted by Crippen LogP contribution is 2.28. The maximum atomic E-state index is 12.1. The summed E-state index contributed by atoms with van der Waals surface area (Å²) < 4.78 is 26.0. The highest BCUT2D eigenvalue weighted by atomic mass is 16.7. The molecule has 0 amide bonds. The third-order valence-corrected chi connectivity index (χ3v) is 5.23. The number of hydrogen-bond donors (Lipinski definition) is 5. The van der Waals surface area contributed by atoms with Crippen molar-refractivity contribution < 1.29 is 58.8 Å². The molecule has 2 aliphatic heterocycles. The van der Waals surface area contributed by atoms with Crippen LogP contribution in [0.3, 0.4) is 0 Å². The molecule has 182 valence electrons. The van der Waals surface area contributed by atoms with E-state index in [1.807, 2.05) is 0 Å². The number of rotatable bonds is 8. The van der Waals surface area contributed by atoms with Crippen molar-refractivity contribution in [2.45, 2.75) is 49.3 Å². The van der Waals surface area contributed by atoms with Crippen LogP contribution in [0.1, 0.15) is 12.0 Å². The molecule has 33 heavy (non-hydrogen) atoms. The zero-order valence-electron chi connectivity index (χ0n) is 17.6. The van der Waals surface area contributed by atoms with E-state index in [2.05, 4.69) is 0 Å². The Bertz CT molecular complexity index is 869. The lowest BCUT2D eigenvalue weighted by Crippen LogP contribution is -2.60. The van der Waals surface area contributed by atoms with Crippen LogP contribution in [-0.2, 0) is 28.5 Å². The van der Waals surface area contributed by atoms with E-state index in [0.717, 1.165) is 6.08 Å². The predicted molar refractivity (Wildman–Crippen MR) is 108 cm³/mol. The van der Waals surface area contributed by atoms with E-state index < -0.39 is 61.5 Å². The van der Waals surface area contributed by atoms with Gasteiger partial charge in [-0.05, 0) is 23.8 Å². The highest BCUT2D eigenvalue weighted by Gasteiger charge is 2.47. The molecule has 0 saturated carbocycles. The molecule has 12 nitrogen and oxygen atoms in total. The van der Waals surface area contributed by atoms with Gasteiger partial charge in [-0.25, -0.2) is 4.79 Å². The Morgan fingerprint density at radius 3 is 2.64 bits per heavy atom. The standard InChI is InChI=1S/C21H26O12/c1-29-12-6-10(2-4-11(12)23)3-5-16(24)30-9-15-13(7-17(25)31-15)32-21-20(28)19(27)18(26)14(8-22)33-21/h2-6,13-15,18-23,26-28H,7-9H2,1H3/t13-,14+,15+,18+,19-,20+,21+/m0/s1. The van der Waals surface area contributed by atoms with Crippen LogP contribution in [0.2, 0.25) is 0 Å². The SMILES string of the molecule is COc1cc(C=CC(=O)OC[C@H]2OC(=O)C[C@@H]2O[C@@H]2O[C@H](CO)[C@@H](O)[C@H](O)[C@H]2O)ccc1O. The monoisotopic (exact) mass is 470 g/mol. The highest BCUT2D eigenvalue weighted by molar-refractivity contribution is 5.87. The summed E-state index contributed by atoms with van der Waals surface area (Å²) in [7, 11) is 1.39. The number of aliphatic hydroxyl groups excluding tert-OH is 4. The first-order valence-electron chi connectivity index (χ1n) is 10.1. The maximum Gasteiger partial charge on any atom is 0.330 e. The van der Waals surface area contributed by atoms with Gasteiger partial charge >= 0.3 is 11.9 Å². The largest absolute Gasteiger partial charge is 0.504 e. The minimum absolute atomic E-state index is 0.0503. The quantitative estimate of drug-likeness (QED) is 0.218. The molecular formula is C21H26O12. The Kier molecular flexibility index (Phi) is 8.24. The number of hydrogen-bond acceptors (Lipinski definition) is 12. The smallest absolute Gasteiger partial charge is 0.330 e. The summed E-state index contributed by atoms with van der Waals surface area (Å²) in [6.07, 6.45) is -7.10. The topological polar surface area (TPSA) is 181 Å². The van der Waals surface area contributed by atoms with Gasteiger partial charge in [-0.1, -0.05) is 6.07 Å². The molecule has 12 heteroatoms. The second-order valence-corrected chi connectivity index (χ2v) is 7.50.